The highest BCUT2D eigenvalue weighted by Crippen LogP contribution is 2.35. The van der Waals surface area contributed by atoms with E-state index in [9.17, 15) is 10.2 Å². The van der Waals surface area contributed by atoms with E-state index < -0.39 is 18.3 Å². The van der Waals surface area contributed by atoms with Crippen LogP contribution in [-0.4, -0.2) is 58.6 Å². The highest BCUT2D eigenvalue weighted by molar-refractivity contribution is 4.95. The van der Waals surface area contributed by atoms with Gasteiger partial charge < -0.3 is 24.8 Å². The van der Waals surface area contributed by atoms with E-state index in [1.54, 1.807) is 0 Å². The first-order valence-electron chi connectivity index (χ1n) is 5.82. The molecule has 0 aromatic heterocycles. The molecule has 2 saturated heterocycles. The van der Waals surface area contributed by atoms with E-state index in [1.165, 1.54) is 0 Å². The molecule has 94 valence electrons. The number of ether oxygens (including phenoxy) is 2. The lowest BCUT2D eigenvalue weighted by atomic mass is 9.83. The van der Waals surface area contributed by atoms with Crippen molar-refractivity contribution in [3.05, 3.63) is 0 Å². The van der Waals surface area contributed by atoms with Crippen molar-refractivity contribution in [1.29, 1.82) is 0 Å². The lowest BCUT2D eigenvalue weighted by Gasteiger charge is -2.48. The molecule has 2 fully saturated rings. The molecule has 3 N–H and O–H groups in total. The van der Waals surface area contributed by atoms with Crippen molar-refractivity contribution in [1.82, 2.24) is 0 Å². The van der Waals surface area contributed by atoms with Gasteiger partial charge in [0.05, 0.1) is 37.1 Å². The Labute approximate surface area is 95.0 Å². The zero-order valence-corrected chi connectivity index (χ0v) is 9.61. The summed E-state index contributed by atoms with van der Waals surface area (Å²) in [4.78, 5) is 0. The van der Waals surface area contributed by atoms with Crippen LogP contribution in [0.3, 0.4) is 0 Å². The van der Waals surface area contributed by atoms with Crippen molar-refractivity contribution < 1.29 is 24.8 Å². The molecule has 5 nitrogen and oxygen atoms in total. The van der Waals surface area contributed by atoms with Crippen LogP contribution in [0, 0.1) is 5.92 Å². The van der Waals surface area contributed by atoms with Gasteiger partial charge in [0.15, 0.2) is 0 Å². The summed E-state index contributed by atoms with van der Waals surface area (Å²) in [6.45, 7) is 3.53. The predicted molar refractivity (Wildman–Crippen MR) is 55.9 cm³/mol. The van der Waals surface area contributed by atoms with Gasteiger partial charge >= 0.3 is 0 Å². The fourth-order valence-electron chi connectivity index (χ4n) is 2.64. The summed E-state index contributed by atoms with van der Waals surface area (Å²) in [5.41, 5.74) is 0. The van der Waals surface area contributed by atoms with Crippen LogP contribution in [0.4, 0.5) is 0 Å². The molecule has 2 aliphatic rings. The Bertz CT molecular complexity index is 247. The Balaban J connectivity index is 2.10. The number of rotatable bonds is 1. The van der Waals surface area contributed by atoms with Crippen LogP contribution in [0.15, 0.2) is 0 Å². The minimum atomic E-state index is -0.694. The third kappa shape index (κ3) is 1.98. The molecule has 0 bridgehead atoms. The predicted octanol–water partition coefficient (Wildman–Crippen LogP) is -0.719. The van der Waals surface area contributed by atoms with E-state index in [2.05, 4.69) is 0 Å². The van der Waals surface area contributed by atoms with Gasteiger partial charge in [0.2, 0.25) is 0 Å². The molecule has 0 aromatic carbocycles. The maximum atomic E-state index is 9.88. The topological polar surface area (TPSA) is 79.2 Å². The molecule has 5 heteroatoms. The Hall–Kier alpha value is -0.200. The molecular formula is C11H20O5. The molecule has 7 atom stereocenters. The lowest BCUT2D eigenvalue weighted by molar-refractivity contribution is -0.264. The normalized spacial score (nSPS) is 53.4. The summed E-state index contributed by atoms with van der Waals surface area (Å²) in [5, 5.41) is 28.7. The zero-order chi connectivity index (χ0) is 11.9. The van der Waals surface area contributed by atoms with Gasteiger partial charge in [-0.2, -0.15) is 0 Å². The Morgan fingerprint density at radius 2 is 1.88 bits per heavy atom. The summed E-state index contributed by atoms with van der Waals surface area (Å²) in [5.74, 6) is -0.0460. The summed E-state index contributed by atoms with van der Waals surface area (Å²) in [7, 11) is 0. The monoisotopic (exact) mass is 232 g/mol. The van der Waals surface area contributed by atoms with Gasteiger partial charge in [-0.15, -0.1) is 0 Å². The fourth-order valence-corrected chi connectivity index (χ4v) is 2.64. The zero-order valence-electron chi connectivity index (χ0n) is 9.61. The minimum Gasteiger partial charge on any atom is -0.394 e. The maximum absolute atomic E-state index is 9.88. The van der Waals surface area contributed by atoms with Crippen molar-refractivity contribution in [3.8, 4) is 0 Å². The molecule has 0 radical (unpaired) electrons. The molecular weight excluding hydrogens is 212 g/mol. The van der Waals surface area contributed by atoms with Crippen LogP contribution in [0.25, 0.3) is 0 Å². The van der Waals surface area contributed by atoms with Gasteiger partial charge in [-0.1, -0.05) is 6.92 Å². The summed E-state index contributed by atoms with van der Waals surface area (Å²) in [6.07, 6.45) is -2.03. The summed E-state index contributed by atoms with van der Waals surface area (Å²) in [6, 6.07) is 0. The summed E-state index contributed by atoms with van der Waals surface area (Å²) >= 11 is 0. The van der Waals surface area contributed by atoms with Crippen LogP contribution < -0.4 is 0 Å². The largest absolute Gasteiger partial charge is 0.394 e. The van der Waals surface area contributed by atoms with E-state index >= 15 is 0 Å². The second-order valence-electron chi connectivity index (χ2n) is 4.85. The van der Waals surface area contributed by atoms with Crippen molar-refractivity contribution in [3.63, 3.8) is 0 Å². The van der Waals surface area contributed by atoms with Crippen molar-refractivity contribution in [2.45, 2.75) is 56.9 Å². The van der Waals surface area contributed by atoms with Crippen LogP contribution >= 0.6 is 0 Å². The number of fused-ring (bicyclic) bond motifs is 1. The molecule has 0 saturated carbocycles. The molecule has 2 rings (SSSR count). The van der Waals surface area contributed by atoms with Gasteiger partial charge in [-0.25, -0.2) is 0 Å². The van der Waals surface area contributed by atoms with Crippen molar-refractivity contribution >= 4 is 0 Å². The fraction of sp³-hybridized carbons (Fsp3) is 1.00. The van der Waals surface area contributed by atoms with Crippen molar-refractivity contribution in [2.24, 2.45) is 5.92 Å². The summed E-state index contributed by atoms with van der Waals surface area (Å²) < 4.78 is 11.2. The second kappa shape index (κ2) is 4.58. The maximum Gasteiger partial charge on any atom is 0.107 e. The van der Waals surface area contributed by atoms with Gasteiger partial charge in [0, 0.05) is 12.3 Å². The van der Waals surface area contributed by atoms with E-state index in [4.69, 9.17) is 14.6 Å². The van der Waals surface area contributed by atoms with Gasteiger partial charge in [0.1, 0.15) is 6.10 Å². The SMILES string of the molecule is C[C@@H]1[C@@H](O)[C@H](C)O[C@H]2C[C@@H](O)[C@@H](CO)O[C@@H]12. The quantitative estimate of drug-likeness (QED) is 0.556. The highest BCUT2D eigenvalue weighted by Gasteiger charge is 2.47. The first-order chi connectivity index (χ1) is 7.54. The second-order valence-corrected chi connectivity index (χ2v) is 4.85. The standard InChI is InChI=1S/C11H20O5/c1-5-10(14)6(2)15-8-3-7(13)9(4-12)16-11(5)8/h5-14H,3-4H2,1-2H3/t5-,6+,7-,8+,9-,10-,11+/m1/s1. The first kappa shape index (κ1) is 12.3. The number of aliphatic hydroxyl groups excluding tert-OH is 3. The van der Waals surface area contributed by atoms with Crippen LogP contribution in [0.1, 0.15) is 20.3 Å². The van der Waals surface area contributed by atoms with Gasteiger partial charge in [0.25, 0.3) is 0 Å². The third-order valence-electron chi connectivity index (χ3n) is 3.71. The molecule has 0 spiro atoms. The molecule has 0 aromatic rings. The number of aliphatic hydroxyl groups is 3. The average molecular weight is 232 g/mol. The van der Waals surface area contributed by atoms with Crippen LogP contribution in [0.2, 0.25) is 0 Å². The molecule has 2 heterocycles. The Kier molecular flexibility index (Phi) is 3.51. The smallest absolute Gasteiger partial charge is 0.107 e. The first-order valence-corrected chi connectivity index (χ1v) is 5.82. The van der Waals surface area contributed by atoms with E-state index in [-0.39, 0.29) is 30.8 Å². The van der Waals surface area contributed by atoms with Crippen LogP contribution in [0.5, 0.6) is 0 Å². The molecule has 16 heavy (non-hydrogen) atoms. The third-order valence-corrected chi connectivity index (χ3v) is 3.71. The molecule has 2 aliphatic heterocycles. The lowest BCUT2D eigenvalue weighted by Crippen LogP contribution is -2.59. The number of hydrogen-bond donors (Lipinski definition) is 3. The van der Waals surface area contributed by atoms with Crippen molar-refractivity contribution in [2.75, 3.05) is 6.61 Å². The van der Waals surface area contributed by atoms with E-state index in [0.717, 1.165) is 0 Å². The number of hydrogen-bond acceptors (Lipinski definition) is 5. The van der Waals surface area contributed by atoms with Gasteiger partial charge in [-0.3, -0.25) is 0 Å². The van der Waals surface area contributed by atoms with E-state index in [1.807, 2.05) is 13.8 Å². The Morgan fingerprint density at radius 3 is 2.50 bits per heavy atom. The van der Waals surface area contributed by atoms with Gasteiger partial charge in [-0.05, 0) is 6.92 Å². The van der Waals surface area contributed by atoms with Crippen LogP contribution in [-0.2, 0) is 9.47 Å². The van der Waals surface area contributed by atoms with E-state index in [0.29, 0.717) is 6.42 Å². The molecule has 0 aliphatic carbocycles. The molecule has 0 amide bonds. The Morgan fingerprint density at radius 1 is 1.19 bits per heavy atom. The highest BCUT2D eigenvalue weighted by atomic mass is 16.6. The minimum absolute atomic E-state index is 0.0460. The molecule has 0 unspecified atom stereocenters. The average Bonchev–Trinajstić information content (AvgIpc) is 2.26.